The lowest BCUT2D eigenvalue weighted by Gasteiger charge is -2.21. The van der Waals surface area contributed by atoms with Crippen LogP contribution in [0.2, 0.25) is 0 Å². The molecular formula is C18H21N5O. The summed E-state index contributed by atoms with van der Waals surface area (Å²) >= 11 is 0. The molecule has 0 N–H and O–H groups in total. The van der Waals surface area contributed by atoms with Gasteiger partial charge >= 0.3 is 0 Å². The average Bonchev–Trinajstić information content (AvgIpc) is 3.03. The molecule has 1 aromatic heterocycles. The molecule has 0 radical (unpaired) electrons. The van der Waals surface area contributed by atoms with E-state index < -0.39 is 0 Å². The molecule has 0 amide bonds. The van der Waals surface area contributed by atoms with Crippen LogP contribution in [0.4, 0.5) is 5.69 Å². The third-order valence-corrected chi connectivity index (χ3v) is 3.67. The Balaban J connectivity index is 1.80. The van der Waals surface area contributed by atoms with Crippen LogP contribution in [0.25, 0.3) is 0 Å². The van der Waals surface area contributed by atoms with E-state index in [1.165, 1.54) is 0 Å². The molecule has 3 rings (SSSR count). The highest BCUT2D eigenvalue weighted by Crippen LogP contribution is 2.31. The second-order valence-electron chi connectivity index (χ2n) is 5.56. The largest absolute Gasteiger partial charge is 0.455 e. The minimum Gasteiger partial charge on any atom is -0.455 e. The van der Waals surface area contributed by atoms with E-state index in [1.54, 1.807) is 0 Å². The number of hydrogen-bond acceptors (Lipinski definition) is 5. The van der Waals surface area contributed by atoms with E-state index in [0.29, 0.717) is 6.54 Å². The van der Waals surface area contributed by atoms with E-state index in [9.17, 15) is 0 Å². The standard InChI is InChI=1S/C18H21N5O/c1-3-13-23-18(19-20-21-23)14-22(2)16-11-7-8-12-17(16)24-15-9-5-4-6-10-15/h4-12H,3,13-14H2,1-2H3. The molecule has 2 aromatic carbocycles. The number of nitrogens with zero attached hydrogens (tertiary/aromatic N) is 5. The van der Waals surface area contributed by atoms with Crippen LogP contribution in [0.15, 0.2) is 54.6 Å². The van der Waals surface area contributed by atoms with Crippen molar-refractivity contribution < 1.29 is 4.74 Å². The topological polar surface area (TPSA) is 56.1 Å². The van der Waals surface area contributed by atoms with E-state index in [2.05, 4.69) is 27.3 Å². The maximum atomic E-state index is 6.03. The van der Waals surface area contributed by atoms with Gasteiger partial charge in [-0.15, -0.1) is 5.10 Å². The van der Waals surface area contributed by atoms with Crippen LogP contribution in [0.1, 0.15) is 19.2 Å². The van der Waals surface area contributed by atoms with E-state index >= 15 is 0 Å². The maximum Gasteiger partial charge on any atom is 0.170 e. The molecule has 3 aromatic rings. The Morgan fingerprint density at radius 2 is 1.79 bits per heavy atom. The highest BCUT2D eigenvalue weighted by atomic mass is 16.5. The zero-order valence-corrected chi connectivity index (χ0v) is 14.0. The molecule has 0 atom stereocenters. The van der Waals surface area contributed by atoms with Gasteiger partial charge in [-0.2, -0.15) is 0 Å². The molecule has 0 aliphatic heterocycles. The molecule has 1 heterocycles. The van der Waals surface area contributed by atoms with Gasteiger partial charge in [0.15, 0.2) is 11.6 Å². The van der Waals surface area contributed by atoms with Gasteiger partial charge in [0, 0.05) is 13.6 Å². The Morgan fingerprint density at radius 3 is 2.58 bits per heavy atom. The molecule has 0 saturated heterocycles. The fourth-order valence-electron chi connectivity index (χ4n) is 2.49. The summed E-state index contributed by atoms with van der Waals surface area (Å²) in [5.41, 5.74) is 0.993. The van der Waals surface area contributed by atoms with Crippen molar-refractivity contribution in [3.8, 4) is 11.5 Å². The molecule has 124 valence electrons. The predicted octanol–water partition coefficient (Wildman–Crippen LogP) is 3.51. The zero-order valence-electron chi connectivity index (χ0n) is 14.0. The molecular weight excluding hydrogens is 302 g/mol. The summed E-state index contributed by atoms with van der Waals surface area (Å²) in [4.78, 5) is 2.09. The summed E-state index contributed by atoms with van der Waals surface area (Å²) < 4.78 is 7.87. The highest BCUT2D eigenvalue weighted by molar-refractivity contribution is 5.59. The van der Waals surface area contributed by atoms with E-state index in [-0.39, 0.29) is 0 Å². The van der Waals surface area contributed by atoms with Crippen LogP contribution in [0, 0.1) is 0 Å². The van der Waals surface area contributed by atoms with Gasteiger partial charge in [-0.25, -0.2) is 4.68 Å². The van der Waals surface area contributed by atoms with Crippen molar-refractivity contribution in [3.63, 3.8) is 0 Å². The van der Waals surface area contributed by atoms with Crippen molar-refractivity contribution in [2.75, 3.05) is 11.9 Å². The van der Waals surface area contributed by atoms with Gasteiger partial charge in [0.1, 0.15) is 5.75 Å². The Hall–Kier alpha value is -2.89. The third-order valence-electron chi connectivity index (χ3n) is 3.67. The minimum atomic E-state index is 0.613. The number of hydrogen-bond donors (Lipinski definition) is 0. The monoisotopic (exact) mass is 323 g/mol. The van der Waals surface area contributed by atoms with Gasteiger partial charge < -0.3 is 9.64 Å². The number of ether oxygens (including phenoxy) is 1. The Kier molecular flexibility index (Phi) is 5.05. The first-order valence-electron chi connectivity index (χ1n) is 8.06. The summed E-state index contributed by atoms with van der Waals surface area (Å²) in [6.07, 6.45) is 0.995. The summed E-state index contributed by atoms with van der Waals surface area (Å²) in [6, 6.07) is 17.7. The summed E-state index contributed by atoms with van der Waals surface area (Å²) in [7, 11) is 2.01. The number of benzene rings is 2. The van der Waals surface area contributed by atoms with Gasteiger partial charge in [0.25, 0.3) is 0 Å². The van der Waals surface area contributed by atoms with Crippen LogP contribution in [-0.4, -0.2) is 27.3 Å². The summed E-state index contributed by atoms with van der Waals surface area (Å²) in [5, 5.41) is 12.0. The molecule has 0 aliphatic rings. The molecule has 6 heteroatoms. The molecule has 0 fully saturated rings. The van der Waals surface area contributed by atoms with Crippen molar-refractivity contribution in [2.45, 2.75) is 26.4 Å². The van der Waals surface area contributed by atoms with Crippen LogP contribution in [0.3, 0.4) is 0 Å². The summed E-state index contributed by atoms with van der Waals surface area (Å²) in [5.74, 6) is 2.46. The van der Waals surface area contributed by atoms with Gasteiger partial charge in [-0.1, -0.05) is 37.3 Å². The molecule has 0 spiro atoms. The molecule has 24 heavy (non-hydrogen) atoms. The highest BCUT2D eigenvalue weighted by Gasteiger charge is 2.13. The average molecular weight is 323 g/mol. The summed E-state index contributed by atoms with van der Waals surface area (Å²) in [6.45, 7) is 3.54. The number of anilines is 1. The minimum absolute atomic E-state index is 0.613. The Bertz CT molecular complexity index is 772. The van der Waals surface area contributed by atoms with Crippen LogP contribution >= 0.6 is 0 Å². The molecule has 6 nitrogen and oxygen atoms in total. The predicted molar refractivity (Wildman–Crippen MR) is 93.2 cm³/mol. The van der Waals surface area contributed by atoms with Gasteiger partial charge in [0.05, 0.1) is 12.2 Å². The lowest BCUT2D eigenvalue weighted by Crippen LogP contribution is -2.20. The van der Waals surface area contributed by atoms with Gasteiger partial charge in [-0.3, -0.25) is 0 Å². The number of para-hydroxylation sites is 3. The van der Waals surface area contributed by atoms with Crippen LogP contribution < -0.4 is 9.64 Å². The van der Waals surface area contributed by atoms with Crippen LogP contribution in [-0.2, 0) is 13.1 Å². The van der Waals surface area contributed by atoms with Gasteiger partial charge in [0.2, 0.25) is 0 Å². The normalized spacial score (nSPS) is 10.6. The molecule has 0 unspecified atom stereocenters. The van der Waals surface area contributed by atoms with Crippen molar-refractivity contribution in [1.82, 2.24) is 20.2 Å². The van der Waals surface area contributed by atoms with Crippen molar-refractivity contribution in [1.29, 1.82) is 0 Å². The Morgan fingerprint density at radius 1 is 1.04 bits per heavy atom. The van der Waals surface area contributed by atoms with Gasteiger partial charge in [-0.05, 0) is 41.1 Å². The number of rotatable bonds is 7. The first-order valence-corrected chi connectivity index (χ1v) is 8.06. The van der Waals surface area contributed by atoms with Crippen molar-refractivity contribution >= 4 is 5.69 Å². The quantitative estimate of drug-likeness (QED) is 0.666. The first kappa shape index (κ1) is 16.0. The molecule has 0 bridgehead atoms. The first-order chi connectivity index (χ1) is 11.8. The fraction of sp³-hybridized carbons (Fsp3) is 0.278. The second kappa shape index (κ2) is 7.59. The maximum absolute atomic E-state index is 6.03. The van der Waals surface area contributed by atoms with Crippen molar-refractivity contribution in [2.24, 2.45) is 0 Å². The van der Waals surface area contributed by atoms with E-state index in [0.717, 1.165) is 36.0 Å². The fourth-order valence-corrected chi connectivity index (χ4v) is 2.49. The smallest absolute Gasteiger partial charge is 0.170 e. The van der Waals surface area contributed by atoms with E-state index in [4.69, 9.17) is 4.74 Å². The second-order valence-corrected chi connectivity index (χ2v) is 5.56. The number of aromatic nitrogens is 4. The van der Waals surface area contributed by atoms with Crippen molar-refractivity contribution in [3.05, 3.63) is 60.4 Å². The number of tetrazole rings is 1. The number of aryl methyl sites for hydroxylation is 1. The molecule has 0 saturated carbocycles. The lowest BCUT2D eigenvalue weighted by atomic mass is 10.2. The van der Waals surface area contributed by atoms with E-state index in [1.807, 2.05) is 66.3 Å². The lowest BCUT2D eigenvalue weighted by molar-refractivity contribution is 0.481. The zero-order chi connectivity index (χ0) is 16.8. The van der Waals surface area contributed by atoms with Crippen LogP contribution in [0.5, 0.6) is 11.5 Å². The Labute approximate surface area is 141 Å². The SMILES string of the molecule is CCCn1nnnc1CN(C)c1ccccc1Oc1ccccc1. The molecule has 0 aliphatic carbocycles. The third kappa shape index (κ3) is 3.71.